The molecule has 176 valence electrons. The van der Waals surface area contributed by atoms with Gasteiger partial charge in [-0.1, -0.05) is 77.8 Å². The van der Waals surface area contributed by atoms with E-state index in [1.165, 1.54) is 0 Å². The molecular weight excluding hydrogens is 456 g/mol. The number of nitrogens with zero attached hydrogens (tertiary/aromatic N) is 1. The van der Waals surface area contributed by atoms with Crippen molar-refractivity contribution in [3.8, 4) is 0 Å². The number of hydrogen-bond donors (Lipinski definition) is 2. The maximum absolute atomic E-state index is 13.5. The molecule has 0 amide bonds. The molecule has 2 N–H and O–H groups in total. The van der Waals surface area contributed by atoms with E-state index in [2.05, 4.69) is 0 Å². The molecule has 3 aromatic rings. The normalized spacial score (nSPS) is 19.6. The van der Waals surface area contributed by atoms with Crippen LogP contribution in [0.25, 0.3) is 5.76 Å². The van der Waals surface area contributed by atoms with Crippen molar-refractivity contribution in [3.05, 3.63) is 117 Å². The lowest BCUT2D eigenvalue weighted by Gasteiger charge is -2.42. The third-order valence-electron chi connectivity index (χ3n) is 6.88. The fourth-order valence-corrected chi connectivity index (χ4v) is 5.22. The molecular formula is C30H27ClN2O2. The van der Waals surface area contributed by atoms with Crippen LogP contribution < -0.4 is 4.90 Å². The van der Waals surface area contributed by atoms with E-state index < -0.39 is 5.92 Å². The number of halogens is 1. The first-order valence-corrected chi connectivity index (χ1v) is 12.2. The van der Waals surface area contributed by atoms with Crippen LogP contribution in [0, 0.1) is 19.3 Å². The number of hydrogen-bond acceptors (Lipinski definition) is 3. The van der Waals surface area contributed by atoms with E-state index in [9.17, 15) is 15.3 Å². The van der Waals surface area contributed by atoms with E-state index in [-0.39, 0.29) is 17.4 Å². The molecule has 2 aliphatic rings. The number of aliphatic hydroxyl groups excluding tert-OH is 1. The van der Waals surface area contributed by atoms with Crippen LogP contribution in [0.3, 0.4) is 0 Å². The molecule has 5 heteroatoms. The quantitative estimate of drug-likeness (QED) is 0.379. The Bertz CT molecular complexity index is 1390. The van der Waals surface area contributed by atoms with Crippen molar-refractivity contribution in [1.82, 2.24) is 0 Å². The number of allylic oxidation sites excluding steroid dienone is 2. The maximum atomic E-state index is 13.5. The van der Waals surface area contributed by atoms with Crippen LogP contribution in [0.5, 0.6) is 0 Å². The largest absolute Gasteiger partial charge is 0.507 e. The minimum Gasteiger partial charge on any atom is -0.507 e. The minimum absolute atomic E-state index is 0.0111. The molecule has 4 nitrogen and oxygen atoms in total. The number of carbonyl (C=O) groups excluding carboxylic acids is 1. The monoisotopic (exact) mass is 482 g/mol. The van der Waals surface area contributed by atoms with Gasteiger partial charge in [-0.05, 0) is 49.9 Å². The second kappa shape index (κ2) is 9.20. The van der Waals surface area contributed by atoms with Gasteiger partial charge in [0.1, 0.15) is 11.6 Å². The van der Waals surface area contributed by atoms with Gasteiger partial charge in [0.25, 0.3) is 0 Å². The highest BCUT2D eigenvalue weighted by molar-refractivity contribution is 6.32. The Morgan fingerprint density at radius 2 is 1.71 bits per heavy atom. The Morgan fingerprint density at radius 3 is 2.40 bits per heavy atom. The molecule has 1 aliphatic heterocycles. The van der Waals surface area contributed by atoms with Gasteiger partial charge in [0.05, 0.1) is 0 Å². The van der Waals surface area contributed by atoms with Gasteiger partial charge in [0, 0.05) is 45.5 Å². The van der Waals surface area contributed by atoms with E-state index in [1.807, 2.05) is 86.6 Å². The van der Waals surface area contributed by atoms with E-state index in [0.29, 0.717) is 40.3 Å². The van der Waals surface area contributed by atoms with Crippen LogP contribution in [-0.2, 0) is 4.79 Å². The van der Waals surface area contributed by atoms with Crippen molar-refractivity contribution < 1.29 is 9.90 Å². The summed E-state index contributed by atoms with van der Waals surface area (Å²) in [5.74, 6) is -0.294. The van der Waals surface area contributed by atoms with Crippen molar-refractivity contribution in [2.75, 3.05) is 4.90 Å². The number of Topliss-reactive ketones (excluding diaryl/α,β-unsaturated/α-hetero) is 1. The third kappa shape index (κ3) is 4.08. The highest BCUT2D eigenvalue weighted by Gasteiger charge is 2.43. The lowest BCUT2D eigenvalue weighted by Crippen LogP contribution is -2.42. The summed E-state index contributed by atoms with van der Waals surface area (Å²) in [5.41, 5.74) is 6.13. The highest BCUT2D eigenvalue weighted by Crippen LogP contribution is 2.48. The molecule has 1 aliphatic carbocycles. The van der Waals surface area contributed by atoms with Crippen molar-refractivity contribution in [2.45, 2.75) is 39.0 Å². The first kappa shape index (κ1) is 23.1. The number of anilines is 1. The number of rotatable bonds is 3. The number of amidine groups is 1. The van der Waals surface area contributed by atoms with Gasteiger partial charge < -0.3 is 5.11 Å². The summed E-state index contributed by atoms with van der Waals surface area (Å²) in [7, 11) is 0. The van der Waals surface area contributed by atoms with Crippen molar-refractivity contribution in [3.63, 3.8) is 0 Å². The first-order valence-electron chi connectivity index (χ1n) is 11.8. The molecule has 35 heavy (non-hydrogen) atoms. The fourth-order valence-electron chi connectivity index (χ4n) is 5.04. The molecule has 1 atom stereocenters. The number of aliphatic hydroxyl groups is 1. The smallest absolute Gasteiger partial charge is 0.161 e. The molecule has 0 saturated carbocycles. The molecule has 0 spiro atoms. The van der Waals surface area contributed by atoms with Gasteiger partial charge in [-0.15, -0.1) is 0 Å². The Kier molecular flexibility index (Phi) is 6.08. The summed E-state index contributed by atoms with van der Waals surface area (Å²) >= 11 is 6.48. The average Bonchev–Trinajstić information content (AvgIpc) is 2.86. The van der Waals surface area contributed by atoms with Gasteiger partial charge in [0.15, 0.2) is 5.78 Å². The van der Waals surface area contributed by atoms with Crippen molar-refractivity contribution in [1.29, 1.82) is 5.41 Å². The van der Waals surface area contributed by atoms with Gasteiger partial charge in [0.2, 0.25) is 0 Å². The molecule has 0 radical (unpaired) electrons. The zero-order chi connectivity index (χ0) is 24.7. The molecule has 0 fully saturated rings. The second-order valence-electron chi connectivity index (χ2n) is 9.23. The summed E-state index contributed by atoms with van der Waals surface area (Å²) in [6, 6.07) is 23.0. The Hall–Kier alpha value is -3.63. The van der Waals surface area contributed by atoms with Gasteiger partial charge in [-0.25, -0.2) is 0 Å². The molecule has 0 saturated heterocycles. The SMILES string of the molecule is Cc1ccc(/C(O)=C2\C(=N)N(c3ccc(C)c(Cl)c3)C3=C(C(=O)CCC3)[C@@H]2c2ccccc2)cc1. The third-order valence-corrected chi connectivity index (χ3v) is 7.29. The Labute approximate surface area is 210 Å². The van der Waals surface area contributed by atoms with Gasteiger partial charge in [-0.3, -0.25) is 15.1 Å². The number of carbonyl (C=O) groups is 1. The summed E-state index contributed by atoms with van der Waals surface area (Å²) in [5, 5.41) is 21.6. The minimum atomic E-state index is -0.523. The predicted octanol–water partition coefficient (Wildman–Crippen LogP) is 7.51. The van der Waals surface area contributed by atoms with Gasteiger partial charge >= 0.3 is 0 Å². The Morgan fingerprint density at radius 1 is 1.00 bits per heavy atom. The van der Waals surface area contributed by atoms with E-state index in [4.69, 9.17) is 11.6 Å². The summed E-state index contributed by atoms with van der Waals surface area (Å²) in [6.45, 7) is 3.92. The molecule has 3 aromatic carbocycles. The number of ketones is 1. The zero-order valence-electron chi connectivity index (χ0n) is 19.8. The molecule has 5 rings (SSSR count). The number of aryl methyl sites for hydroxylation is 2. The maximum Gasteiger partial charge on any atom is 0.161 e. The summed E-state index contributed by atoms with van der Waals surface area (Å²) in [6.07, 6.45) is 1.86. The molecule has 0 unspecified atom stereocenters. The van der Waals surface area contributed by atoms with Crippen LogP contribution in [-0.4, -0.2) is 16.7 Å². The lowest BCUT2D eigenvalue weighted by atomic mass is 9.73. The Balaban J connectivity index is 1.82. The molecule has 0 aromatic heterocycles. The van der Waals surface area contributed by atoms with Crippen LogP contribution in [0.2, 0.25) is 5.02 Å². The predicted molar refractivity (Wildman–Crippen MR) is 142 cm³/mol. The van der Waals surface area contributed by atoms with Crippen molar-refractivity contribution >= 4 is 34.7 Å². The first-order chi connectivity index (χ1) is 16.9. The van der Waals surface area contributed by atoms with E-state index in [1.54, 1.807) is 4.90 Å². The fraction of sp³-hybridized carbons (Fsp3) is 0.200. The standard InChI is InChI=1S/C30H27ClN2O2/c1-18-11-14-21(15-12-18)29(35)28-26(20-7-4-3-5-8-20)27-24(9-6-10-25(27)34)33(30(28)32)22-16-13-19(2)23(31)17-22/h3-5,7-8,11-17,26,32,35H,6,9-10H2,1-2H3/b29-28+,32-30?/t26-/m0/s1. The lowest BCUT2D eigenvalue weighted by molar-refractivity contribution is -0.116. The van der Waals surface area contributed by atoms with Gasteiger partial charge in [-0.2, -0.15) is 0 Å². The van der Waals surface area contributed by atoms with E-state index in [0.717, 1.165) is 28.8 Å². The average molecular weight is 483 g/mol. The molecule has 1 heterocycles. The summed E-state index contributed by atoms with van der Waals surface area (Å²) in [4.78, 5) is 15.3. The number of nitrogens with one attached hydrogen (secondary N) is 1. The summed E-state index contributed by atoms with van der Waals surface area (Å²) < 4.78 is 0. The topological polar surface area (TPSA) is 64.4 Å². The second-order valence-corrected chi connectivity index (χ2v) is 9.63. The van der Waals surface area contributed by atoms with Crippen LogP contribution in [0.4, 0.5) is 5.69 Å². The van der Waals surface area contributed by atoms with E-state index >= 15 is 0 Å². The number of benzene rings is 3. The zero-order valence-corrected chi connectivity index (χ0v) is 20.6. The van der Waals surface area contributed by atoms with Crippen LogP contribution >= 0.6 is 11.6 Å². The van der Waals surface area contributed by atoms with Crippen LogP contribution in [0.15, 0.2) is 89.6 Å². The highest BCUT2D eigenvalue weighted by atomic mass is 35.5. The van der Waals surface area contributed by atoms with Crippen molar-refractivity contribution in [2.24, 2.45) is 0 Å². The molecule has 0 bridgehead atoms. The van der Waals surface area contributed by atoms with Crippen LogP contribution in [0.1, 0.15) is 47.4 Å².